The van der Waals surface area contributed by atoms with Gasteiger partial charge in [-0.3, -0.25) is 19.4 Å². The van der Waals surface area contributed by atoms with Crippen molar-refractivity contribution in [3.8, 4) is 0 Å². The van der Waals surface area contributed by atoms with E-state index in [1.165, 1.54) is 19.3 Å². The number of aryl methyl sites for hydroxylation is 1. The molecule has 0 bridgehead atoms. The van der Waals surface area contributed by atoms with Gasteiger partial charge in [0, 0.05) is 56.9 Å². The average Bonchev–Trinajstić information content (AvgIpc) is 3.08. The lowest BCUT2D eigenvalue weighted by Gasteiger charge is -2.43. The highest BCUT2D eigenvalue weighted by molar-refractivity contribution is 5.94. The third-order valence-electron chi connectivity index (χ3n) is 6.54. The summed E-state index contributed by atoms with van der Waals surface area (Å²) < 4.78 is 0. The summed E-state index contributed by atoms with van der Waals surface area (Å²) in [6, 6.07) is 8.54. The van der Waals surface area contributed by atoms with Gasteiger partial charge in [-0.2, -0.15) is 0 Å². The van der Waals surface area contributed by atoms with E-state index < -0.39 is 0 Å². The number of amides is 2. The molecule has 1 aromatic carbocycles. The molecule has 1 N–H and O–H groups in total. The predicted molar refractivity (Wildman–Crippen MR) is 109 cm³/mol. The van der Waals surface area contributed by atoms with Crippen LogP contribution in [0.1, 0.15) is 41.6 Å². The highest BCUT2D eigenvalue weighted by Crippen LogP contribution is 2.25. The molecule has 4 rings (SSSR count). The SMILES string of the molecule is Cc1ccc(C(=O)NC2CCN(CC(=O)N3CCN(C4CCC4)CC3)C2)cc1. The predicted octanol–water partition coefficient (Wildman–Crippen LogP) is 1.50. The van der Waals surface area contributed by atoms with Crippen molar-refractivity contribution in [1.82, 2.24) is 20.0 Å². The van der Waals surface area contributed by atoms with Gasteiger partial charge in [0.1, 0.15) is 0 Å². The minimum Gasteiger partial charge on any atom is -0.348 e. The van der Waals surface area contributed by atoms with Gasteiger partial charge in [-0.25, -0.2) is 0 Å². The van der Waals surface area contributed by atoms with Gasteiger partial charge in [0.15, 0.2) is 0 Å². The van der Waals surface area contributed by atoms with Gasteiger partial charge in [0.25, 0.3) is 5.91 Å². The van der Waals surface area contributed by atoms with E-state index in [0.717, 1.165) is 57.3 Å². The number of carbonyl (C=O) groups excluding carboxylic acids is 2. The van der Waals surface area contributed by atoms with Crippen molar-refractivity contribution in [3.05, 3.63) is 35.4 Å². The topological polar surface area (TPSA) is 55.9 Å². The molecule has 3 aliphatic rings. The molecule has 1 unspecified atom stereocenters. The number of nitrogens with zero attached hydrogens (tertiary/aromatic N) is 3. The second-order valence-corrected chi connectivity index (χ2v) is 8.56. The highest BCUT2D eigenvalue weighted by atomic mass is 16.2. The summed E-state index contributed by atoms with van der Waals surface area (Å²) >= 11 is 0. The molecule has 2 amide bonds. The number of rotatable bonds is 5. The van der Waals surface area contributed by atoms with E-state index in [9.17, 15) is 9.59 Å². The minimum atomic E-state index is -0.0229. The van der Waals surface area contributed by atoms with Gasteiger partial charge in [-0.05, 0) is 38.3 Å². The Kier molecular flexibility index (Phi) is 5.97. The van der Waals surface area contributed by atoms with E-state index in [4.69, 9.17) is 0 Å². The van der Waals surface area contributed by atoms with Gasteiger partial charge in [0.05, 0.1) is 6.54 Å². The van der Waals surface area contributed by atoms with Crippen LogP contribution in [0.3, 0.4) is 0 Å². The maximum Gasteiger partial charge on any atom is 0.251 e. The summed E-state index contributed by atoms with van der Waals surface area (Å²) in [6.45, 7) is 7.86. The highest BCUT2D eigenvalue weighted by Gasteiger charge is 2.31. The van der Waals surface area contributed by atoms with Crippen LogP contribution in [0, 0.1) is 6.92 Å². The minimum absolute atomic E-state index is 0.0229. The summed E-state index contributed by atoms with van der Waals surface area (Å²) in [4.78, 5) is 31.8. The third-order valence-corrected chi connectivity index (χ3v) is 6.54. The molecule has 0 radical (unpaired) electrons. The maximum atomic E-state index is 12.7. The van der Waals surface area contributed by atoms with E-state index in [2.05, 4.69) is 15.1 Å². The third kappa shape index (κ3) is 4.55. The summed E-state index contributed by atoms with van der Waals surface area (Å²) in [6.07, 6.45) is 4.93. The fourth-order valence-corrected chi connectivity index (χ4v) is 4.45. The molecular formula is C22H32N4O2. The number of benzene rings is 1. The molecule has 2 aliphatic heterocycles. The molecule has 6 heteroatoms. The van der Waals surface area contributed by atoms with Gasteiger partial charge >= 0.3 is 0 Å². The number of hydrogen-bond acceptors (Lipinski definition) is 4. The first kappa shape index (κ1) is 19.4. The molecule has 3 fully saturated rings. The molecule has 6 nitrogen and oxygen atoms in total. The normalized spacial score (nSPS) is 24.2. The van der Waals surface area contributed by atoms with Crippen LogP contribution in [-0.2, 0) is 4.79 Å². The van der Waals surface area contributed by atoms with Crippen molar-refractivity contribution in [1.29, 1.82) is 0 Å². The largest absolute Gasteiger partial charge is 0.348 e. The lowest BCUT2D eigenvalue weighted by atomic mass is 9.91. The summed E-state index contributed by atoms with van der Waals surface area (Å²) in [5.41, 5.74) is 1.85. The zero-order valence-corrected chi connectivity index (χ0v) is 16.9. The molecule has 28 heavy (non-hydrogen) atoms. The quantitative estimate of drug-likeness (QED) is 0.836. The molecular weight excluding hydrogens is 352 g/mol. The smallest absolute Gasteiger partial charge is 0.251 e. The molecule has 1 aliphatic carbocycles. The summed E-state index contributed by atoms with van der Waals surface area (Å²) in [5, 5.41) is 3.12. The van der Waals surface area contributed by atoms with Gasteiger partial charge in [-0.15, -0.1) is 0 Å². The Morgan fingerprint density at radius 2 is 1.71 bits per heavy atom. The van der Waals surface area contributed by atoms with Crippen LogP contribution in [-0.4, -0.2) is 84.4 Å². The summed E-state index contributed by atoms with van der Waals surface area (Å²) in [7, 11) is 0. The fraction of sp³-hybridized carbons (Fsp3) is 0.636. The monoisotopic (exact) mass is 384 g/mol. The molecule has 2 heterocycles. The Hall–Kier alpha value is -1.92. The fourth-order valence-electron chi connectivity index (χ4n) is 4.45. The van der Waals surface area contributed by atoms with Crippen molar-refractivity contribution >= 4 is 11.8 Å². The maximum absolute atomic E-state index is 12.7. The van der Waals surface area contributed by atoms with Crippen LogP contribution >= 0.6 is 0 Å². The van der Waals surface area contributed by atoms with Crippen LogP contribution in [0.5, 0.6) is 0 Å². The number of likely N-dealkylation sites (tertiary alicyclic amines) is 1. The Labute approximate surface area is 167 Å². The second-order valence-electron chi connectivity index (χ2n) is 8.56. The molecule has 1 saturated carbocycles. The van der Waals surface area contributed by atoms with Crippen LogP contribution < -0.4 is 5.32 Å². The number of piperazine rings is 1. The molecule has 0 spiro atoms. The zero-order valence-electron chi connectivity index (χ0n) is 16.9. The van der Waals surface area contributed by atoms with E-state index in [0.29, 0.717) is 12.1 Å². The van der Waals surface area contributed by atoms with Gasteiger partial charge < -0.3 is 10.2 Å². The van der Waals surface area contributed by atoms with Gasteiger partial charge in [0.2, 0.25) is 5.91 Å². The molecule has 1 aromatic rings. The first-order chi connectivity index (χ1) is 13.6. The Balaban J connectivity index is 1.19. The molecule has 0 aromatic heterocycles. The van der Waals surface area contributed by atoms with Crippen molar-refractivity contribution in [2.45, 2.75) is 44.7 Å². The van der Waals surface area contributed by atoms with Crippen LogP contribution in [0.2, 0.25) is 0 Å². The van der Waals surface area contributed by atoms with Crippen molar-refractivity contribution in [2.24, 2.45) is 0 Å². The van der Waals surface area contributed by atoms with E-state index in [1.54, 1.807) is 0 Å². The lowest BCUT2D eigenvalue weighted by Crippen LogP contribution is -2.55. The van der Waals surface area contributed by atoms with Crippen LogP contribution in [0.25, 0.3) is 0 Å². The Morgan fingerprint density at radius 3 is 2.36 bits per heavy atom. The van der Waals surface area contributed by atoms with Crippen LogP contribution in [0.15, 0.2) is 24.3 Å². The first-order valence-electron chi connectivity index (χ1n) is 10.7. The van der Waals surface area contributed by atoms with E-state index in [-0.39, 0.29) is 17.9 Å². The van der Waals surface area contributed by atoms with E-state index >= 15 is 0 Å². The number of carbonyl (C=O) groups is 2. The van der Waals surface area contributed by atoms with Crippen molar-refractivity contribution < 1.29 is 9.59 Å². The summed E-state index contributed by atoms with van der Waals surface area (Å²) in [5.74, 6) is 0.212. The first-order valence-corrected chi connectivity index (χ1v) is 10.7. The average molecular weight is 385 g/mol. The van der Waals surface area contributed by atoms with E-state index in [1.807, 2.05) is 36.1 Å². The number of hydrogen-bond donors (Lipinski definition) is 1. The Bertz CT molecular complexity index is 693. The molecule has 1 atom stereocenters. The van der Waals surface area contributed by atoms with Crippen molar-refractivity contribution in [2.75, 3.05) is 45.8 Å². The standard InChI is InChI=1S/C22H32N4O2/c1-17-5-7-18(8-6-17)22(28)23-19-9-10-24(15-19)16-21(27)26-13-11-25(12-14-26)20-3-2-4-20/h5-8,19-20H,2-4,9-16H2,1H3,(H,23,28). The second kappa shape index (κ2) is 8.62. The molecule has 152 valence electrons. The van der Waals surface area contributed by atoms with Crippen LogP contribution in [0.4, 0.5) is 0 Å². The van der Waals surface area contributed by atoms with Crippen molar-refractivity contribution in [3.63, 3.8) is 0 Å². The lowest BCUT2D eigenvalue weighted by molar-refractivity contribution is -0.134. The Morgan fingerprint density at radius 1 is 1.00 bits per heavy atom. The zero-order chi connectivity index (χ0) is 19.5. The number of nitrogens with one attached hydrogen (secondary N) is 1. The van der Waals surface area contributed by atoms with Gasteiger partial charge in [-0.1, -0.05) is 24.1 Å². The molecule has 2 saturated heterocycles.